The second-order valence-electron chi connectivity index (χ2n) is 4.63. The van der Waals surface area contributed by atoms with Gasteiger partial charge in [0.25, 0.3) is 5.91 Å². The lowest BCUT2D eigenvalue weighted by atomic mass is 10.1. The number of nitrogens with two attached hydrogens (primary N) is 1. The third kappa shape index (κ3) is 3.06. The summed E-state index contributed by atoms with van der Waals surface area (Å²) in [6.45, 7) is 3.87. The van der Waals surface area contributed by atoms with Crippen LogP contribution < -0.4 is 11.1 Å². The van der Waals surface area contributed by atoms with Crippen LogP contribution in [0.3, 0.4) is 0 Å². The van der Waals surface area contributed by atoms with Crippen LogP contribution in [0.15, 0.2) is 30.3 Å². The molecule has 104 valence electrons. The van der Waals surface area contributed by atoms with Crippen LogP contribution in [0.4, 0.5) is 11.4 Å². The fourth-order valence-electron chi connectivity index (χ4n) is 1.92. The summed E-state index contributed by atoms with van der Waals surface area (Å²) in [7, 11) is 0. The van der Waals surface area contributed by atoms with Gasteiger partial charge in [-0.1, -0.05) is 40.9 Å². The Bertz CT molecular complexity index is 661. The smallest absolute Gasteiger partial charge is 0.255 e. The zero-order valence-corrected chi connectivity index (χ0v) is 12.6. The highest BCUT2D eigenvalue weighted by atomic mass is 35.5. The second-order valence-corrected chi connectivity index (χ2v) is 5.44. The van der Waals surface area contributed by atoms with Crippen molar-refractivity contribution in [2.75, 3.05) is 11.1 Å². The number of hydrogen-bond acceptors (Lipinski definition) is 2. The number of nitrogen functional groups attached to an aromatic ring is 1. The fourth-order valence-corrected chi connectivity index (χ4v) is 2.41. The van der Waals surface area contributed by atoms with Gasteiger partial charge in [0.1, 0.15) is 0 Å². The summed E-state index contributed by atoms with van der Waals surface area (Å²) in [4.78, 5) is 12.2. The summed E-state index contributed by atoms with van der Waals surface area (Å²) in [5.74, 6) is -0.209. The van der Waals surface area contributed by atoms with Gasteiger partial charge >= 0.3 is 0 Å². The number of carbonyl (C=O) groups is 1. The molecule has 0 saturated carbocycles. The van der Waals surface area contributed by atoms with Gasteiger partial charge in [-0.05, 0) is 37.6 Å². The lowest BCUT2D eigenvalue weighted by molar-refractivity contribution is 0.102. The summed E-state index contributed by atoms with van der Waals surface area (Å²) in [6.07, 6.45) is 0. The summed E-state index contributed by atoms with van der Waals surface area (Å²) < 4.78 is 0. The number of amides is 1. The first-order valence-electron chi connectivity index (χ1n) is 6.01. The molecule has 0 aliphatic carbocycles. The van der Waals surface area contributed by atoms with Crippen LogP contribution in [0.25, 0.3) is 0 Å². The topological polar surface area (TPSA) is 55.1 Å². The number of aryl methyl sites for hydroxylation is 2. The first-order chi connectivity index (χ1) is 9.38. The van der Waals surface area contributed by atoms with Crippen LogP contribution in [0.5, 0.6) is 0 Å². The van der Waals surface area contributed by atoms with E-state index in [0.717, 1.165) is 11.1 Å². The zero-order valence-electron chi connectivity index (χ0n) is 11.1. The van der Waals surface area contributed by atoms with E-state index in [1.165, 1.54) is 0 Å². The molecule has 0 saturated heterocycles. The molecule has 5 heteroatoms. The standard InChI is InChI=1S/C15H14Cl2N2O/c1-8-3-4-11(9(2)5-8)15(20)19-10-6-12(16)14(18)13(17)7-10/h3-7H,18H2,1-2H3,(H,19,20). The fraction of sp³-hybridized carbons (Fsp3) is 0.133. The molecular formula is C15H14Cl2N2O. The maximum Gasteiger partial charge on any atom is 0.255 e. The predicted octanol–water partition coefficient (Wildman–Crippen LogP) is 4.44. The Morgan fingerprint density at radius 3 is 2.25 bits per heavy atom. The van der Waals surface area contributed by atoms with E-state index in [2.05, 4.69) is 5.32 Å². The zero-order chi connectivity index (χ0) is 14.9. The molecule has 1 amide bonds. The largest absolute Gasteiger partial charge is 0.396 e. The van der Waals surface area contributed by atoms with Gasteiger partial charge in [-0.25, -0.2) is 0 Å². The van der Waals surface area contributed by atoms with Crippen molar-refractivity contribution in [1.82, 2.24) is 0 Å². The van der Waals surface area contributed by atoms with Crippen molar-refractivity contribution in [1.29, 1.82) is 0 Å². The summed E-state index contributed by atoms with van der Waals surface area (Å²) >= 11 is 11.9. The molecule has 0 bridgehead atoms. The van der Waals surface area contributed by atoms with Gasteiger partial charge in [-0.15, -0.1) is 0 Å². The van der Waals surface area contributed by atoms with E-state index in [1.807, 2.05) is 26.0 Å². The number of rotatable bonds is 2. The molecule has 0 aliphatic rings. The van der Waals surface area contributed by atoms with Gasteiger partial charge in [0.05, 0.1) is 15.7 Å². The van der Waals surface area contributed by atoms with Crippen molar-refractivity contribution >= 4 is 40.5 Å². The molecule has 0 aliphatic heterocycles. The predicted molar refractivity (Wildman–Crippen MR) is 84.7 cm³/mol. The van der Waals surface area contributed by atoms with Crippen molar-refractivity contribution in [3.8, 4) is 0 Å². The highest BCUT2D eigenvalue weighted by molar-refractivity contribution is 6.39. The third-order valence-electron chi connectivity index (χ3n) is 2.96. The van der Waals surface area contributed by atoms with Crippen molar-refractivity contribution in [3.63, 3.8) is 0 Å². The summed E-state index contributed by atoms with van der Waals surface area (Å²) in [6, 6.07) is 8.79. The summed E-state index contributed by atoms with van der Waals surface area (Å²) in [5.41, 5.74) is 9.11. The summed E-state index contributed by atoms with van der Waals surface area (Å²) in [5, 5.41) is 3.39. The van der Waals surface area contributed by atoms with Crippen LogP contribution in [-0.2, 0) is 0 Å². The average Bonchev–Trinajstić information content (AvgIpc) is 2.35. The number of benzene rings is 2. The lowest BCUT2D eigenvalue weighted by Gasteiger charge is -2.10. The molecule has 2 aromatic carbocycles. The number of carbonyl (C=O) groups excluding carboxylic acids is 1. The molecule has 2 rings (SSSR count). The van der Waals surface area contributed by atoms with E-state index in [0.29, 0.717) is 27.0 Å². The maximum atomic E-state index is 12.2. The monoisotopic (exact) mass is 308 g/mol. The molecule has 3 N–H and O–H groups in total. The average molecular weight is 309 g/mol. The maximum absolute atomic E-state index is 12.2. The van der Waals surface area contributed by atoms with Gasteiger partial charge < -0.3 is 11.1 Å². The molecule has 0 fully saturated rings. The minimum Gasteiger partial charge on any atom is -0.396 e. The highest BCUT2D eigenvalue weighted by Gasteiger charge is 2.11. The normalized spacial score (nSPS) is 10.4. The van der Waals surface area contributed by atoms with Crippen molar-refractivity contribution < 1.29 is 4.79 Å². The first kappa shape index (κ1) is 14.7. The van der Waals surface area contributed by atoms with Crippen LogP contribution in [0, 0.1) is 13.8 Å². The molecular weight excluding hydrogens is 295 g/mol. The molecule has 0 heterocycles. The number of hydrogen-bond donors (Lipinski definition) is 2. The molecule has 3 nitrogen and oxygen atoms in total. The molecule has 0 aromatic heterocycles. The van der Waals surface area contributed by atoms with Gasteiger partial charge in [0.15, 0.2) is 0 Å². The first-order valence-corrected chi connectivity index (χ1v) is 6.77. The minimum atomic E-state index is -0.209. The minimum absolute atomic E-state index is 0.209. The van der Waals surface area contributed by atoms with Crippen LogP contribution in [0.1, 0.15) is 21.5 Å². The van der Waals surface area contributed by atoms with Crippen molar-refractivity contribution in [2.24, 2.45) is 0 Å². The molecule has 0 radical (unpaired) electrons. The third-order valence-corrected chi connectivity index (χ3v) is 3.59. The Labute approximate surface area is 127 Å². The Kier molecular flexibility index (Phi) is 4.21. The Morgan fingerprint density at radius 1 is 1.10 bits per heavy atom. The van der Waals surface area contributed by atoms with E-state index < -0.39 is 0 Å². The van der Waals surface area contributed by atoms with Crippen molar-refractivity contribution in [3.05, 3.63) is 57.1 Å². The van der Waals surface area contributed by atoms with Gasteiger partial charge in [0.2, 0.25) is 0 Å². The second kappa shape index (κ2) is 5.73. The molecule has 20 heavy (non-hydrogen) atoms. The van der Waals surface area contributed by atoms with E-state index in [4.69, 9.17) is 28.9 Å². The lowest BCUT2D eigenvalue weighted by Crippen LogP contribution is -2.13. The molecule has 2 aromatic rings. The quantitative estimate of drug-likeness (QED) is 0.806. The van der Waals surface area contributed by atoms with E-state index >= 15 is 0 Å². The molecule has 0 atom stereocenters. The Balaban J connectivity index is 2.28. The SMILES string of the molecule is Cc1ccc(C(=O)Nc2cc(Cl)c(N)c(Cl)c2)c(C)c1. The number of anilines is 2. The molecule has 0 spiro atoms. The van der Waals surface area contributed by atoms with Crippen LogP contribution in [-0.4, -0.2) is 5.91 Å². The van der Waals surface area contributed by atoms with E-state index in [1.54, 1.807) is 18.2 Å². The van der Waals surface area contributed by atoms with E-state index in [9.17, 15) is 4.79 Å². The molecule has 0 unspecified atom stereocenters. The van der Waals surface area contributed by atoms with Crippen molar-refractivity contribution in [2.45, 2.75) is 13.8 Å². The van der Waals surface area contributed by atoms with Gasteiger partial charge in [-0.2, -0.15) is 0 Å². The van der Waals surface area contributed by atoms with E-state index in [-0.39, 0.29) is 5.91 Å². The Hall–Kier alpha value is -1.71. The Morgan fingerprint density at radius 2 is 1.70 bits per heavy atom. The van der Waals surface area contributed by atoms with Gasteiger partial charge in [0, 0.05) is 11.3 Å². The highest BCUT2D eigenvalue weighted by Crippen LogP contribution is 2.31. The van der Waals surface area contributed by atoms with Crippen LogP contribution >= 0.6 is 23.2 Å². The van der Waals surface area contributed by atoms with Crippen LogP contribution in [0.2, 0.25) is 10.0 Å². The number of nitrogens with one attached hydrogen (secondary N) is 1. The van der Waals surface area contributed by atoms with Gasteiger partial charge in [-0.3, -0.25) is 4.79 Å². The number of halogens is 2.